The molecule has 128 valence electrons. The van der Waals surface area contributed by atoms with E-state index in [1.807, 2.05) is 25.1 Å². The molecule has 0 saturated heterocycles. The molecule has 2 aromatic carbocycles. The Hall–Kier alpha value is -3.22. The van der Waals surface area contributed by atoms with E-state index in [0.29, 0.717) is 12.2 Å². The van der Waals surface area contributed by atoms with Gasteiger partial charge in [-0.2, -0.15) is 0 Å². The highest BCUT2D eigenvalue weighted by Gasteiger charge is 2.11. The van der Waals surface area contributed by atoms with E-state index in [-0.39, 0.29) is 17.4 Å². The van der Waals surface area contributed by atoms with Crippen molar-refractivity contribution < 1.29 is 13.9 Å². The fourth-order valence-electron chi connectivity index (χ4n) is 2.41. The van der Waals surface area contributed by atoms with Crippen molar-refractivity contribution >= 4 is 5.91 Å². The topological polar surface area (TPSA) is 69.0 Å². The molecule has 25 heavy (non-hydrogen) atoms. The van der Waals surface area contributed by atoms with Crippen molar-refractivity contribution in [3.05, 3.63) is 71.3 Å². The monoisotopic (exact) mass is 340 g/mol. The molecule has 0 radical (unpaired) electrons. The second-order valence-electron chi connectivity index (χ2n) is 5.57. The number of hydrogen-bond acceptors (Lipinski definition) is 4. The second-order valence-corrected chi connectivity index (χ2v) is 5.57. The molecular formula is C18H17FN4O2. The molecule has 0 bridgehead atoms. The lowest BCUT2D eigenvalue weighted by molar-refractivity contribution is 0.0946. The molecule has 6 nitrogen and oxygen atoms in total. The number of amides is 1. The highest BCUT2D eigenvalue weighted by molar-refractivity contribution is 5.91. The number of nitrogens with one attached hydrogen (secondary N) is 1. The summed E-state index contributed by atoms with van der Waals surface area (Å²) >= 11 is 0. The Bertz CT molecular complexity index is 890. The molecule has 0 atom stereocenters. The number of halogens is 1. The van der Waals surface area contributed by atoms with Crippen LogP contribution in [-0.2, 0) is 6.54 Å². The van der Waals surface area contributed by atoms with Crippen LogP contribution in [0.1, 0.15) is 21.6 Å². The number of aromatic nitrogens is 3. The first-order chi connectivity index (χ1) is 12.0. The van der Waals surface area contributed by atoms with Crippen LogP contribution in [0.4, 0.5) is 4.39 Å². The standard InChI is InChI=1S/C18H17FN4O2/c1-12-7-13(9-16(8-12)25-2)10-20-18(24)17-11-23(22-21-17)15-5-3-14(19)4-6-15/h3-9,11H,10H2,1-2H3,(H,20,24). The molecular weight excluding hydrogens is 323 g/mol. The zero-order valence-corrected chi connectivity index (χ0v) is 13.9. The van der Waals surface area contributed by atoms with E-state index in [0.717, 1.165) is 16.9 Å². The summed E-state index contributed by atoms with van der Waals surface area (Å²) in [5.74, 6) is 0.0655. The van der Waals surface area contributed by atoms with Gasteiger partial charge in [-0.25, -0.2) is 9.07 Å². The number of aryl methyl sites for hydroxylation is 1. The number of nitrogens with zero attached hydrogens (tertiary/aromatic N) is 3. The van der Waals surface area contributed by atoms with Crippen molar-refractivity contribution in [1.82, 2.24) is 20.3 Å². The van der Waals surface area contributed by atoms with Crippen LogP contribution in [0.25, 0.3) is 5.69 Å². The maximum atomic E-state index is 13.0. The minimum Gasteiger partial charge on any atom is -0.497 e. The van der Waals surface area contributed by atoms with Gasteiger partial charge < -0.3 is 10.1 Å². The van der Waals surface area contributed by atoms with Crippen molar-refractivity contribution in [2.75, 3.05) is 7.11 Å². The second kappa shape index (κ2) is 7.12. The number of methoxy groups -OCH3 is 1. The molecule has 1 aromatic heterocycles. The summed E-state index contributed by atoms with van der Waals surface area (Å²) in [4.78, 5) is 12.2. The normalized spacial score (nSPS) is 10.5. The average Bonchev–Trinajstić information content (AvgIpc) is 3.10. The predicted octanol–water partition coefficient (Wildman–Crippen LogP) is 2.65. The van der Waals surface area contributed by atoms with Gasteiger partial charge >= 0.3 is 0 Å². The molecule has 0 fully saturated rings. The zero-order chi connectivity index (χ0) is 17.8. The summed E-state index contributed by atoms with van der Waals surface area (Å²) in [6.45, 7) is 2.31. The summed E-state index contributed by atoms with van der Waals surface area (Å²) in [6, 6.07) is 11.5. The van der Waals surface area contributed by atoms with Gasteiger partial charge in [0.25, 0.3) is 5.91 Å². The Morgan fingerprint density at radius 1 is 1.24 bits per heavy atom. The lowest BCUT2D eigenvalue weighted by atomic mass is 10.1. The van der Waals surface area contributed by atoms with Crippen molar-refractivity contribution in [1.29, 1.82) is 0 Å². The quantitative estimate of drug-likeness (QED) is 0.775. The van der Waals surface area contributed by atoms with E-state index in [1.165, 1.54) is 23.0 Å². The lowest BCUT2D eigenvalue weighted by Gasteiger charge is -2.07. The maximum absolute atomic E-state index is 13.0. The Kier molecular flexibility index (Phi) is 4.74. The summed E-state index contributed by atoms with van der Waals surface area (Å²) in [7, 11) is 1.60. The summed E-state index contributed by atoms with van der Waals surface area (Å²) in [5, 5.41) is 10.6. The van der Waals surface area contributed by atoms with E-state index in [1.54, 1.807) is 19.2 Å². The van der Waals surface area contributed by atoms with Gasteiger partial charge in [0.1, 0.15) is 11.6 Å². The first kappa shape index (κ1) is 16.6. The number of benzene rings is 2. The van der Waals surface area contributed by atoms with Gasteiger partial charge in [-0.1, -0.05) is 11.3 Å². The van der Waals surface area contributed by atoms with Gasteiger partial charge in [-0.05, 0) is 54.4 Å². The lowest BCUT2D eigenvalue weighted by Crippen LogP contribution is -2.23. The van der Waals surface area contributed by atoms with Crippen LogP contribution in [0.5, 0.6) is 5.75 Å². The smallest absolute Gasteiger partial charge is 0.273 e. The van der Waals surface area contributed by atoms with Gasteiger partial charge in [0.15, 0.2) is 5.69 Å². The van der Waals surface area contributed by atoms with Crippen LogP contribution in [-0.4, -0.2) is 28.0 Å². The van der Waals surface area contributed by atoms with Crippen molar-refractivity contribution in [3.63, 3.8) is 0 Å². The molecule has 7 heteroatoms. The Labute approximate surface area is 144 Å². The summed E-state index contributed by atoms with van der Waals surface area (Å²) in [6.07, 6.45) is 1.50. The first-order valence-electron chi connectivity index (χ1n) is 7.66. The van der Waals surface area contributed by atoms with Gasteiger partial charge in [-0.3, -0.25) is 4.79 Å². The average molecular weight is 340 g/mol. The molecule has 0 spiro atoms. The van der Waals surface area contributed by atoms with Crippen LogP contribution < -0.4 is 10.1 Å². The van der Waals surface area contributed by atoms with E-state index >= 15 is 0 Å². The third kappa shape index (κ3) is 4.00. The van der Waals surface area contributed by atoms with Crippen molar-refractivity contribution in [3.8, 4) is 11.4 Å². The molecule has 1 amide bonds. The zero-order valence-electron chi connectivity index (χ0n) is 13.9. The largest absolute Gasteiger partial charge is 0.497 e. The molecule has 3 aromatic rings. The Balaban J connectivity index is 1.68. The maximum Gasteiger partial charge on any atom is 0.273 e. The van der Waals surface area contributed by atoms with Crippen LogP contribution >= 0.6 is 0 Å². The number of ether oxygens (including phenoxy) is 1. The highest BCUT2D eigenvalue weighted by Crippen LogP contribution is 2.16. The van der Waals surface area contributed by atoms with Crippen molar-refractivity contribution in [2.45, 2.75) is 13.5 Å². The number of carbonyl (C=O) groups is 1. The molecule has 0 aliphatic heterocycles. The minimum atomic E-state index is -0.339. The number of carbonyl (C=O) groups excluding carboxylic acids is 1. The molecule has 0 aliphatic rings. The van der Waals surface area contributed by atoms with Crippen LogP contribution in [0.15, 0.2) is 48.7 Å². The number of hydrogen-bond donors (Lipinski definition) is 1. The van der Waals surface area contributed by atoms with Crippen LogP contribution in [0, 0.1) is 12.7 Å². The third-order valence-corrected chi connectivity index (χ3v) is 3.62. The molecule has 1 heterocycles. The molecule has 0 unspecified atom stereocenters. The summed E-state index contributed by atoms with van der Waals surface area (Å²) in [5.41, 5.74) is 2.78. The highest BCUT2D eigenvalue weighted by atomic mass is 19.1. The summed E-state index contributed by atoms with van der Waals surface area (Å²) < 4.78 is 19.6. The van der Waals surface area contributed by atoms with E-state index in [2.05, 4.69) is 15.6 Å². The first-order valence-corrected chi connectivity index (χ1v) is 7.66. The van der Waals surface area contributed by atoms with Crippen LogP contribution in [0.3, 0.4) is 0 Å². The van der Waals surface area contributed by atoms with E-state index < -0.39 is 0 Å². The Morgan fingerprint density at radius 2 is 2.00 bits per heavy atom. The van der Waals surface area contributed by atoms with Gasteiger partial charge in [0.2, 0.25) is 0 Å². The molecule has 3 rings (SSSR count). The number of rotatable bonds is 5. The molecule has 1 N–H and O–H groups in total. The molecule has 0 aliphatic carbocycles. The minimum absolute atomic E-state index is 0.184. The fourth-order valence-corrected chi connectivity index (χ4v) is 2.41. The van der Waals surface area contributed by atoms with E-state index in [9.17, 15) is 9.18 Å². The third-order valence-electron chi connectivity index (χ3n) is 3.62. The van der Waals surface area contributed by atoms with Crippen molar-refractivity contribution in [2.24, 2.45) is 0 Å². The van der Waals surface area contributed by atoms with Gasteiger partial charge in [0, 0.05) is 6.54 Å². The van der Waals surface area contributed by atoms with Gasteiger partial charge in [-0.15, -0.1) is 5.10 Å². The van der Waals surface area contributed by atoms with Crippen LogP contribution in [0.2, 0.25) is 0 Å². The van der Waals surface area contributed by atoms with Gasteiger partial charge in [0.05, 0.1) is 19.0 Å². The molecule has 0 saturated carbocycles. The fraction of sp³-hybridized carbons (Fsp3) is 0.167. The predicted molar refractivity (Wildman–Crippen MR) is 90.2 cm³/mol. The van der Waals surface area contributed by atoms with E-state index in [4.69, 9.17) is 4.74 Å². The Morgan fingerprint density at radius 3 is 2.72 bits per heavy atom. The SMILES string of the molecule is COc1cc(C)cc(CNC(=O)c2cn(-c3ccc(F)cc3)nn2)c1.